The summed E-state index contributed by atoms with van der Waals surface area (Å²) in [5.41, 5.74) is 21.1. The second-order valence-electron chi connectivity index (χ2n) is 19.9. The summed E-state index contributed by atoms with van der Waals surface area (Å²) < 4.78 is 4.87. The van der Waals surface area contributed by atoms with Gasteiger partial charge in [-0.2, -0.15) is 0 Å². The quantitative estimate of drug-likeness (QED) is 0.147. The third kappa shape index (κ3) is 5.86. The van der Waals surface area contributed by atoms with Crippen LogP contribution >= 0.6 is 0 Å². The molecule has 2 aromatic heterocycles. The Morgan fingerprint density at radius 1 is 0.247 bits per heavy atom. The van der Waals surface area contributed by atoms with Crippen molar-refractivity contribution in [3.8, 4) is 55.9 Å². The number of hydrogen-bond donors (Lipinski definition) is 0. The number of benzene rings is 13. The largest absolute Gasteiger partial charge is 0.309 e. The maximum atomic E-state index is 2.47. The second-order valence-corrected chi connectivity index (χ2v) is 19.9. The van der Waals surface area contributed by atoms with Gasteiger partial charge in [-0.3, -0.25) is 0 Å². The van der Waals surface area contributed by atoms with Gasteiger partial charge < -0.3 is 9.13 Å². The van der Waals surface area contributed by atoms with E-state index in [1.165, 1.54) is 137 Å². The summed E-state index contributed by atoms with van der Waals surface area (Å²) in [6.45, 7) is 0. The maximum absolute atomic E-state index is 2.47. The highest BCUT2D eigenvalue weighted by Gasteiger charge is 2.30. The van der Waals surface area contributed by atoms with Gasteiger partial charge in [-0.1, -0.05) is 206 Å². The lowest BCUT2D eigenvalue weighted by Crippen LogP contribution is -1.99. The van der Waals surface area contributed by atoms with Gasteiger partial charge in [-0.05, 0) is 148 Å². The van der Waals surface area contributed by atoms with E-state index in [0.717, 1.165) is 11.4 Å². The monoisotopic (exact) mass is 924 g/mol. The standard InChI is InChI=1S/C71H44N2/c1-3-28-58-52(22-1)53-23-2-4-29-59(53)69(58)48-19-13-16-45(40-48)51-36-34-44-35-37-61-63(46-17-14-20-49(41-46)72-65-30-9-5-24-54(65)55-25-6-10-31-66(55)72)43-64(62-39-38-60(51)70(44)71(61)62)47-18-15-21-50(42-47)73-67-32-11-7-26-56(67)57-27-8-12-33-68(57)73/h1-43,69H. The van der Waals surface area contributed by atoms with Crippen LogP contribution in [0.25, 0.3) is 132 Å². The molecule has 2 nitrogen and oxygen atoms in total. The first-order chi connectivity index (χ1) is 36.2. The van der Waals surface area contributed by atoms with E-state index in [-0.39, 0.29) is 5.92 Å². The topological polar surface area (TPSA) is 9.86 Å². The fourth-order valence-corrected chi connectivity index (χ4v) is 13.1. The summed E-state index contributed by atoms with van der Waals surface area (Å²) in [5, 5.41) is 12.6. The molecular weight excluding hydrogens is 881 g/mol. The molecule has 338 valence electrons. The van der Waals surface area contributed by atoms with Gasteiger partial charge >= 0.3 is 0 Å². The van der Waals surface area contributed by atoms with Crippen molar-refractivity contribution >= 4 is 75.9 Å². The fourth-order valence-electron chi connectivity index (χ4n) is 13.1. The van der Waals surface area contributed by atoms with Crippen LogP contribution in [0.2, 0.25) is 0 Å². The van der Waals surface area contributed by atoms with Gasteiger partial charge in [-0.25, -0.2) is 0 Å². The molecule has 0 saturated carbocycles. The molecule has 0 amide bonds. The Labute approximate surface area is 422 Å². The first-order valence-electron chi connectivity index (χ1n) is 25.4. The Bertz CT molecular complexity index is 4420. The summed E-state index contributed by atoms with van der Waals surface area (Å²) in [6.07, 6.45) is 0. The van der Waals surface area contributed by atoms with Crippen molar-refractivity contribution in [1.29, 1.82) is 0 Å². The smallest absolute Gasteiger partial charge is 0.0541 e. The molecule has 0 fully saturated rings. The lowest BCUT2D eigenvalue weighted by molar-refractivity contribution is 1.02. The van der Waals surface area contributed by atoms with Gasteiger partial charge in [0.05, 0.1) is 22.1 Å². The summed E-state index contributed by atoms with van der Waals surface area (Å²) in [6, 6.07) is 97.5. The van der Waals surface area contributed by atoms with Crippen molar-refractivity contribution in [2.75, 3.05) is 0 Å². The number of nitrogens with zero attached hydrogens (tertiary/aromatic N) is 2. The van der Waals surface area contributed by atoms with Gasteiger partial charge in [0.25, 0.3) is 0 Å². The molecule has 1 aliphatic rings. The van der Waals surface area contributed by atoms with Crippen LogP contribution < -0.4 is 0 Å². The van der Waals surface area contributed by atoms with Gasteiger partial charge in [0.1, 0.15) is 0 Å². The second kappa shape index (κ2) is 15.5. The summed E-state index contributed by atoms with van der Waals surface area (Å²) in [4.78, 5) is 0. The highest BCUT2D eigenvalue weighted by Crippen LogP contribution is 2.50. The van der Waals surface area contributed by atoms with E-state index >= 15 is 0 Å². The van der Waals surface area contributed by atoms with Crippen LogP contribution in [0.5, 0.6) is 0 Å². The average Bonchev–Trinajstić information content (AvgIpc) is 4.10. The summed E-state index contributed by atoms with van der Waals surface area (Å²) in [5.74, 6) is 0.175. The SMILES string of the molecule is c1cc(-c2ccc3ccc4c(-c5cccc(-n6c7ccccc7c7ccccc76)c5)cc(-c5cccc(-n6c7ccccc7c7ccccc76)c5)c5ccc2c3c45)cc(C2c3ccccc3-c3ccccc32)c1. The van der Waals surface area contributed by atoms with E-state index < -0.39 is 0 Å². The van der Waals surface area contributed by atoms with Crippen LogP contribution in [-0.4, -0.2) is 9.13 Å². The van der Waals surface area contributed by atoms with E-state index in [9.17, 15) is 0 Å². The maximum Gasteiger partial charge on any atom is 0.0541 e. The molecule has 73 heavy (non-hydrogen) atoms. The molecule has 16 rings (SSSR count). The third-order valence-electron chi connectivity index (χ3n) is 16.1. The molecule has 0 aliphatic heterocycles. The zero-order chi connectivity index (χ0) is 47.7. The van der Waals surface area contributed by atoms with E-state index in [1.54, 1.807) is 0 Å². The first-order valence-corrected chi connectivity index (χ1v) is 25.4. The van der Waals surface area contributed by atoms with E-state index in [4.69, 9.17) is 0 Å². The molecule has 0 spiro atoms. The minimum Gasteiger partial charge on any atom is -0.309 e. The predicted molar refractivity (Wildman–Crippen MR) is 308 cm³/mol. The van der Waals surface area contributed by atoms with Crippen LogP contribution in [-0.2, 0) is 0 Å². The van der Waals surface area contributed by atoms with Gasteiger partial charge in [0.2, 0.25) is 0 Å². The van der Waals surface area contributed by atoms with Crippen molar-refractivity contribution < 1.29 is 0 Å². The van der Waals surface area contributed by atoms with E-state index in [0.29, 0.717) is 0 Å². The average molecular weight is 925 g/mol. The van der Waals surface area contributed by atoms with Crippen molar-refractivity contribution in [2.24, 2.45) is 0 Å². The number of aromatic nitrogens is 2. The van der Waals surface area contributed by atoms with Crippen molar-refractivity contribution in [3.05, 3.63) is 278 Å². The summed E-state index contributed by atoms with van der Waals surface area (Å²) in [7, 11) is 0. The molecule has 0 N–H and O–H groups in total. The molecule has 13 aromatic carbocycles. The predicted octanol–water partition coefficient (Wildman–Crippen LogP) is 18.9. The fraction of sp³-hybridized carbons (Fsp3) is 0.0141. The van der Waals surface area contributed by atoms with Crippen LogP contribution in [0.3, 0.4) is 0 Å². The zero-order valence-electron chi connectivity index (χ0n) is 39.8. The van der Waals surface area contributed by atoms with E-state index in [2.05, 4.69) is 270 Å². The van der Waals surface area contributed by atoms with Crippen LogP contribution in [0.1, 0.15) is 22.6 Å². The first kappa shape index (κ1) is 40.3. The molecule has 0 radical (unpaired) electrons. The van der Waals surface area contributed by atoms with Crippen LogP contribution in [0.15, 0.2) is 261 Å². The van der Waals surface area contributed by atoms with E-state index in [1.807, 2.05) is 0 Å². The molecular formula is C71H44N2. The minimum atomic E-state index is 0.175. The number of para-hydroxylation sites is 4. The molecule has 0 saturated heterocycles. The number of fused-ring (bicyclic) bond motifs is 9. The van der Waals surface area contributed by atoms with Crippen molar-refractivity contribution in [3.63, 3.8) is 0 Å². The molecule has 1 aliphatic carbocycles. The Morgan fingerprint density at radius 2 is 0.658 bits per heavy atom. The van der Waals surface area contributed by atoms with Gasteiger partial charge in [-0.15, -0.1) is 0 Å². The lowest BCUT2D eigenvalue weighted by atomic mass is 9.83. The normalized spacial score (nSPS) is 12.6. The van der Waals surface area contributed by atoms with Crippen molar-refractivity contribution in [1.82, 2.24) is 9.13 Å². The molecule has 2 heterocycles. The van der Waals surface area contributed by atoms with Gasteiger partial charge in [0, 0.05) is 38.8 Å². The Balaban J connectivity index is 0.937. The molecule has 2 heteroatoms. The van der Waals surface area contributed by atoms with Gasteiger partial charge in [0.15, 0.2) is 0 Å². The Morgan fingerprint density at radius 3 is 1.18 bits per heavy atom. The molecule has 0 unspecified atom stereocenters. The van der Waals surface area contributed by atoms with Crippen LogP contribution in [0.4, 0.5) is 0 Å². The zero-order valence-corrected chi connectivity index (χ0v) is 39.8. The molecule has 15 aromatic rings. The van der Waals surface area contributed by atoms with Crippen molar-refractivity contribution in [2.45, 2.75) is 5.92 Å². The Kier molecular flexibility index (Phi) is 8.55. The molecule has 0 atom stereocenters. The highest BCUT2D eigenvalue weighted by molar-refractivity contribution is 6.30. The summed E-state index contributed by atoms with van der Waals surface area (Å²) >= 11 is 0. The van der Waals surface area contributed by atoms with Crippen LogP contribution in [0, 0.1) is 0 Å². The Hall–Kier alpha value is -9.50. The third-order valence-corrected chi connectivity index (χ3v) is 16.1. The number of hydrogen-bond acceptors (Lipinski definition) is 0. The highest BCUT2D eigenvalue weighted by atomic mass is 15.0. The number of rotatable bonds is 6. The minimum absolute atomic E-state index is 0.175. The lowest BCUT2D eigenvalue weighted by Gasteiger charge is -2.21. The molecule has 0 bridgehead atoms.